The van der Waals surface area contributed by atoms with Crippen molar-refractivity contribution in [3.05, 3.63) is 29.8 Å². The van der Waals surface area contributed by atoms with Crippen LogP contribution >= 0.6 is 0 Å². The predicted octanol–water partition coefficient (Wildman–Crippen LogP) is 3.70. The van der Waals surface area contributed by atoms with Crippen LogP contribution in [0, 0.1) is 0 Å². The van der Waals surface area contributed by atoms with Gasteiger partial charge < -0.3 is 4.74 Å². The highest BCUT2D eigenvalue weighted by Crippen LogP contribution is 2.30. The molecule has 0 spiro atoms. The zero-order valence-corrected chi connectivity index (χ0v) is 10.4. The van der Waals surface area contributed by atoms with Gasteiger partial charge in [-0.3, -0.25) is 4.79 Å². The van der Waals surface area contributed by atoms with Crippen LogP contribution in [0.4, 0.5) is 0 Å². The van der Waals surface area contributed by atoms with Crippen LogP contribution in [0.3, 0.4) is 0 Å². The van der Waals surface area contributed by atoms with Crippen LogP contribution in [0.25, 0.3) is 0 Å². The van der Waals surface area contributed by atoms with Crippen LogP contribution < -0.4 is 4.74 Å². The Morgan fingerprint density at radius 1 is 1.29 bits per heavy atom. The average Bonchev–Trinajstić information content (AvgIpc) is 2.55. The smallest absolute Gasteiger partial charge is 0.140 e. The van der Waals surface area contributed by atoms with E-state index in [1.54, 1.807) is 0 Å². The molecule has 1 unspecified atom stereocenters. The van der Waals surface area contributed by atoms with Gasteiger partial charge in [-0.1, -0.05) is 25.0 Å². The summed E-state index contributed by atoms with van der Waals surface area (Å²) in [5, 5.41) is 0. The Balaban J connectivity index is 2.19. The van der Waals surface area contributed by atoms with Crippen molar-refractivity contribution in [1.29, 1.82) is 0 Å². The van der Waals surface area contributed by atoms with E-state index in [1.807, 2.05) is 25.1 Å². The third-order valence-electron chi connectivity index (χ3n) is 3.38. The fraction of sp³-hybridized carbons (Fsp3) is 0.533. The van der Waals surface area contributed by atoms with Crippen molar-refractivity contribution in [2.75, 3.05) is 6.61 Å². The molecule has 2 rings (SSSR count). The van der Waals surface area contributed by atoms with E-state index in [-0.39, 0.29) is 5.92 Å². The van der Waals surface area contributed by atoms with Crippen molar-refractivity contribution >= 4 is 5.78 Å². The van der Waals surface area contributed by atoms with Gasteiger partial charge in [-0.15, -0.1) is 0 Å². The number of carbonyl (C=O) groups excluding carboxylic acids is 1. The molecule has 1 aliphatic carbocycles. The maximum Gasteiger partial charge on any atom is 0.140 e. The van der Waals surface area contributed by atoms with Crippen LogP contribution in [-0.4, -0.2) is 12.4 Å². The lowest BCUT2D eigenvalue weighted by atomic mass is 9.91. The number of rotatable bonds is 3. The Hall–Kier alpha value is -1.31. The highest BCUT2D eigenvalue weighted by Gasteiger charge is 2.22. The highest BCUT2D eigenvalue weighted by molar-refractivity contribution is 5.86. The number of hydrogen-bond acceptors (Lipinski definition) is 2. The lowest BCUT2D eigenvalue weighted by Crippen LogP contribution is -2.10. The van der Waals surface area contributed by atoms with E-state index in [9.17, 15) is 4.79 Å². The lowest BCUT2D eigenvalue weighted by Gasteiger charge is -2.14. The zero-order valence-electron chi connectivity index (χ0n) is 10.4. The molecule has 1 aromatic carbocycles. The number of hydrogen-bond donors (Lipinski definition) is 0. The molecule has 1 fully saturated rings. The first-order valence-electron chi connectivity index (χ1n) is 6.56. The van der Waals surface area contributed by atoms with Gasteiger partial charge in [-0.2, -0.15) is 0 Å². The first-order chi connectivity index (χ1) is 8.31. The monoisotopic (exact) mass is 232 g/mol. The summed E-state index contributed by atoms with van der Waals surface area (Å²) in [6.45, 7) is 2.64. The van der Waals surface area contributed by atoms with Gasteiger partial charge in [-0.05, 0) is 37.5 Å². The van der Waals surface area contributed by atoms with E-state index in [0.29, 0.717) is 12.4 Å². The van der Waals surface area contributed by atoms with Gasteiger partial charge in [0.05, 0.1) is 6.61 Å². The first kappa shape index (κ1) is 12.2. The number of Topliss-reactive ketones (excluding diaryl/α,β-unsaturated/α-hetero) is 1. The summed E-state index contributed by atoms with van der Waals surface area (Å²) in [5.74, 6) is 1.37. The minimum Gasteiger partial charge on any atom is -0.494 e. The van der Waals surface area contributed by atoms with Crippen molar-refractivity contribution in [3.8, 4) is 5.75 Å². The molecule has 0 saturated heterocycles. The quantitative estimate of drug-likeness (QED) is 0.743. The second-order valence-corrected chi connectivity index (χ2v) is 4.62. The Kier molecular flexibility index (Phi) is 4.18. The molecule has 1 atom stereocenters. The molecule has 0 amide bonds. The van der Waals surface area contributed by atoms with Crippen LogP contribution in [-0.2, 0) is 4.79 Å². The lowest BCUT2D eigenvalue weighted by molar-refractivity contribution is -0.120. The summed E-state index contributed by atoms with van der Waals surface area (Å²) >= 11 is 0. The van der Waals surface area contributed by atoms with Crippen molar-refractivity contribution < 1.29 is 9.53 Å². The highest BCUT2D eigenvalue weighted by atomic mass is 16.5. The molecule has 2 nitrogen and oxygen atoms in total. The minimum absolute atomic E-state index is 0.0953. The Bertz CT molecular complexity index is 384. The molecular formula is C15H20O2. The van der Waals surface area contributed by atoms with E-state index in [0.717, 1.165) is 37.0 Å². The number of ether oxygens (including phenoxy) is 1. The molecule has 0 radical (unpaired) electrons. The van der Waals surface area contributed by atoms with Gasteiger partial charge in [-0.25, -0.2) is 0 Å². The minimum atomic E-state index is 0.0953. The third-order valence-corrected chi connectivity index (χ3v) is 3.38. The molecular weight excluding hydrogens is 212 g/mol. The average molecular weight is 232 g/mol. The summed E-state index contributed by atoms with van der Waals surface area (Å²) in [7, 11) is 0. The number of carbonyl (C=O) groups is 1. The zero-order chi connectivity index (χ0) is 12.1. The summed E-state index contributed by atoms with van der Waals surface area (Å²) < 4.78 is 5.49. The van der Waals surface area contributed by atoms with E-state index >= 15 is 0 Å². The molecule has 92 valence electrons. The van der Waals surface area contributed by atoms with Crippen LogP contribution in [0.2, 0.25) is 0 Å². The first-order valence-corrected chi connectivity index (χ1v) is 6.56. The van der Waals surface area contributed by atoms with E-state index in [4.69, 9.17) is 4.74 Å². The van der Waals surface area contributed by atoms with Gasteiger partial charge in [0.15, 0.2) is 0 Å². The molecule has 1 aliphatic rings. The van der Waals surface area contributed by atoms with Crippen molar-refractivity contribution in [3.63, 3.8) is 0 Å². The summed E-state index contributed by atoms with van der Waals surface area (Å²) in [4.78, 5) is 12.0. The SMILES string of the molecule is CCOc1cccc(C2CCCCCC2=O)c1. The normalized spacial score (nSPS) is 21.0. The molecule has 2 heteroatoms. The molecule has 0 aliphatic heterocycles. The van der Waals surface area contributed by atoms with Gasteiger partial charge in [0.25, 0.3) is 0 Å². The second kappa shape index (κ2) is 5.85. The number of benzene rings is 1. The van der Waals surface area contributed by atoms with E-state index in [1.165, 1.54) is 6.42 Å². The van der Waals surface area contributed by atoms with Gasteiger partial charge in [0.2, 0.25) is 0 Å². The second-order valence-electron chi connectivity index (χ2n) is 4.62. The third kappa shape index (κ3) is 3.09. The van der Waals surface area contributed by atoms with Crippen LogP contribution in [0.15, 0.2) is 24.3 Å². The fourth-order valence-electron chi connectivity index (χ4n) is 2.50. The van der Waals surface area contributed by atoms with E-state index in [2.05, 4.69) is 6.07 Å². The van der Waals surface area contributed by atoms with Crippen molar-refractivity contribution in [1.82, 2.24) is 0 Å². The van der Waals surface area contributed by atoms with Gasteiger partial charge in [0.1, 0.15) is 11.5 Å². The molecule has 0 bridgehead atoms. The van der Waals surface area contributed by atoms with Gasteiger partial charge >= 0.3 is 0 Å². The molecule has 1 saturated carbocycles. The maximum atomic E-state index is 12.0. The van der Waals surface area contributed by atoms with Crippen LogP contribution in [0.1, 0.15) is 50.5 Å². The molecule has 1 aromatic rings. The Morgan fingerprint density at radius 3 is 3.00 bits per heavy atom. The Labute approximate surface area is 103 Å². The van der Waals surface area contributed by atoms with Gasteiger partial charge in [0, 0.05) is 12.3 Å². The van der Waals surface area contributed by atoms with Crippen molar-refractivity contribution in [2.45, 2.75) is 44.9 Å². The summed E-state index contributed by atoms with van der Waals surface area (Å²) in [6.07, 6.45) is 5.14. The standard InChI is InChI=1S/C15H20O2/c1-2-17-13-8-6-7-12(11-13)14-9-4-3-5-10-15(14)16/h6-8,11,14H,2-5,9-10H2,1H3. The van der Waals surface area contributed by atoms with Crippen LogP contribution in [0.5, 0.6) is 5.75 Å². The maximum absolute atomic E-state index is 12.0. The number of ketones is 1. The predicted molar refractivity (Wildman–Crippen MR) is 68.4 cm³/mol. The molecule has 0 N–H and O–H groups in total. The molecule has 0 aromatic heterocycles. The molecule has 0 heterocycles. The summed E-state index contributed by atoms with van der Waals surface area (Å²) in [5.41, 5.74) is 1.13. The molecule has 17 heavy (non-hydrogen) atoms. The fourth-order valence-corrected chi connectivity index (χ4v) is 2.50. The van der Waals surface area contributed by atoms with E-state index < -0.39 is 0 Å². The Morgan fingerprint density at radius 2 is 2.18 bits per heavy atom. The van der Waals surface area contributed by atoms with Crippen molar-refractivity contribution in [2.24, 2.45) is 0 Å². The largest absolute Gasteiger partial charge is 0.494 e. The topological polar surface area (TPSA) is 26.3 Å². The summed E-state index contributed by atoms with van der Waals surface area (Å²) in [6, 6.07) is 8.01.